The van der Waals surface area contributed by atoms with E-state index in [-0.39, 0.29) is 30.5 Å². The molecule has 0 bridgehead atoms. The van der Waals surface area contributed by atoms with E-state index in [0.29, 0.717) is 17.2 Å². The van der Waals surface area contributed by atoms with Crippen LogP contribution in [0, 0.1) is 0 Å². The molecule has 1 heterocycles. The molecule has 1 fully saturated rings. The van der Waals surface area contributed by atoms with Crippen molar-refractivity contribution >= 4 is 16.8 Å². The number of nitrogens with two attached hydrogens (primary N) is 1. The lowest BCUT2D eigenvalue weighted by molar-refractivity contribution is -0.124. The Kier molecular flexibility index (Phi) is 7.32. The van der Waals surface area contributed by atoms with Crippen molar-refractivity contribution in [3.63, 3.8) is 0 Å². The maximum Gasteiger partial charge on any atom is 0.258 e. The summed E-state index contributed by atoms with van der Waals surface area (Å²) in [7, 11) is 3.27. The van der Waals surface area contributed by atoms with Crippen molar-refractivity contribution in [2.24, 2.45) is 5.73 Å². The second-order valence-corrected chi connectivity index (χ2v) is 9.33. The van der Waals surface area contributed by atoms with Crippen molar-refractivity contribution in [3.05, 3.63) is 42.0 Å². The first-order valence-corrected chi connectivity index (χ1v) is 11.9. The number of aromatic amines is 1. The van der Waals surface area contributed by atoms with Gasteiger partial charge in [0.25, 0.3) is 5.91 Å². The Balaban J connectivity index is 1.55. The predicted octanol–water partition coefficient (Wildman–Crippen LogP) is 4.74. The lowest BCUT2D eigenvalue weighted by Crippen LogP contribution is -2.43. The number of amides is 1. The molecular formula is C27H35N3O4. The quantitative estimate of drug-likeness (QED) is 0.446. The highest BCUT2D eigenvalue weighted by atomic mass is 16.5. The van der Waals surface area contributed by atoms with Crippen LogP contribution in [0.5, 0.6) is 17.2 Å². The SMILES string of the molecule is COc1ccc(-c2[nH]c3ccc(OCC(=O)NC4CCCC(N)C4)cc3c2C(C)C)cc1OC. The zero-order valence-electron chi connectivity index (χ0n) is 20.4. The van der Waals surface area contributed by atoms with Gasteiger partial charge in [-0.1, -0.05) is 13.8 Å². The number of H-pyrrole nitrogens is 1. The minimum atomic E-state index is -0.108. The molecule has 0 aliphatic heterocycles. The molecule has 4 rings (SSSR count). The van der Waals surface area contributed by atoms with Crippen molar-refractivity contribution in [3.8, 4) is 28.5 Å². The summed E-state index contributed by atoms with van der Waals surface area (Å²) >= 11 is 0. The summed E-state index contributed by atoms with van der Waals surface area (Å²) in [5.41, 5.74) is 10.3. The van der Waals surface area contributed by atoms with Crippen molar-refractivity contribution in [2.75, 3.05) is 20.8 Å². The molecule has 1 aromatic heterocycles. The molecule has 2 unspecified atom stereocenters. The third-order valence-electron chi connectivity index (χ3n) is 6.51. The molecule has 1 amide bonds. The molecule has 0 spiro atoms. The van der Waals surface area contributed by atoms with Gasteiger partial charge in [0, 0.05) is 28.6 Å². The van der Waals surface area contributed by atoms with Crippen molar-refractivity contribution in [1.82, 2.24) is 10.3 Å². The number of hydrogen-bond acceptors (Lipinski definition) is 5. The minimum absolute atomic E-state index is 0.0127. The Morgan fingerprint density at radius 2 is 1.91 bits per heavy atom. The van der Waals surface area contributed by atoms with Gasteiger partial charge in [-0.05, 0) is 73.6 Å². The zero-order valence-corrected chi connectivity index (χ0v) is 20.4. The largest absolute Gasteiger partial charge is 0.493 e. The minimum Gasteiger partial charge on any atom is -0.493 e. The van der Waals surface area contributed by atoms with E-state index in [1.165, 1.54) is 5.56 Å². The highest BCUT2D eigenvalue weighted by Gasteiger charge is 2.21. The number of fused-ring (bicyclic) bond motifs is 1. The Labute approximate surface area is 201 Å². The Morgan fingerprint density at radius 1 is 1.12 bits per heavy atom. The maximum atomic E-state index is 12.4. The molecule has 1 aliphatic rings. The molecule has 1 saturated carbocycles. The monoisotopic (exact) mass is 465 g/mol. The van der Waals surface area contributed by atoms with Crippen LogP contribution in [-0.4, -0.2) is 43.8 Å². The van der Waals surface area contributed by atoms with Crippen molar-refractivity contribution < 1.29 is 19.0 Å². The molecular weight excluding hydrogens is 430 g/mol. The first kappa shape index (κ1) is 24.0. The van der Waals surface area contributed by atoms with E-state index in [2.05, 4.69) is 24.1 Å². The molecule has 1 aliphatic carbocycles. The summed E-state index contributed by atoms with van der Waals surface area (Å²) in [6, 6.07) is 12.1. The van der Waals surface area contributed by atoms with E-state index in [9.17, 15) is 4.79 Å². The third kappa shape index (κ3) is 5.14. The highest BCUT2D eigenvalue weighted by Crippen LogP contribution is 2.39. The van der Waals surface area contributed by atoms with E-state index in [4.69, 9.17) is 19.9 Å². The van der Waals surface area contributed by atoms with Gasteiger partial charge >= 0.3 is 0 Å². The van der Waals surface area contributed by atoms with Crippen LogP contribution < -0.4 is 25.3 Å². The van der Waals surface area contributed by atoms with Crippen LogP contribution in [0.1, 0.15) is 51.0 Å². The van der Waals surface area contributed by atoms with Crippen LogP contribution in [0.15, 0.2) is 36.4 Å². The summed E-state index contributed by atoms with van der Waals surface area (Å²) < 4.78 is 16.8. The number of benzene rings is 2. The molecule has 0 saturated heterocycles. The van der Waals surface area contributed by atoms with Gasteiger partial charge in [-0.25, -0.2) is 0 Å². The molecule has 34 heavy (non-hydrogen) atoms. The van der Waals surface area contributed by atoms with Crippen LogP contribution >= 0.6 is 0 Å². The van der Waals surface area contributed by atoms with Gasteiger partial charge in [0.15, 0.2) is 18.1 Å². The number of rotatable bonds is 8. The van der Waals surface area contributed by atoms with Gasteiger partial charge < -0.3 is 30.2 Å². The maximum absolute atomic E-state index is 12.4. The highest BCUT2D eigenvalue weighted by molar-refractivity contribution is 5.92. The van der Waals surface area contributed by atoms with E-state index in [0.717, 1.165) is 47.8 Å². The van der Waals surface area contributed by atoms with Crippen LogP contribution in [-0.2, 0) is 4.79 Å². The van der Waals surface area contributed by atoms with E-state index >= 15 is 0 Å². The lowest BCUT2D eigenvalue weighted by Gasteiger charge is -2.27. The van der Waals surface area contributed by atoms with Crippen molar-refractivity contribution in [2.45, 2.75) is 57.5 Å². The normalized spacial score (nSPS) is 18.2. The standard InChI is InChI=1S/C27H35N3O4/c1-16(2)26-21-14-20(34-15-25(31)29-19-7-5-6-18(28)13-19)9-10-22(21)30-27(26)17-8-11-23(32-3)24(12-17)33-4/h8-12,14,16,18-19,30H,5-7,13,15,28H2,1-4H3,(H,29,31). The Hall–Kier alpha value is -3.19. The first-order chi connectivity index (χ1) is 16.4. The van der Waals surface area contributed by atoms with E-state index in [1.54, 1.807) is 14.2 Å². The third-order valence-corrected chi connectivity index (χ3v) is 6.51. The van der Waals surface area contributed by atoms with Gasteiger partial charge in [-0.15, -0.1) is 0 Å². The number of carbonyl (C=O) groups excluding carboxylic acids is 1. The Morgan fingerprint density at radius 3 is 2.62 bits per heavy atom. The van der Waals surface area contributed by atoms with E-state index in [1.807, 2.05) is 36.4 Å². The second-order valence-electron chi connectivity index (χ2n) is 9.33. The molecule has 3 aromatic rings. The molecule has 7 nitrogen and oxygen atoms in total. The molecule has 4 N–H and O–H groups in total. The summed E-state index contributed by atoms with van der Waals surface area (Å²) in [6.07, 6.45) is 3.89. The number of carbonyl (C=O) groups is 1. The smallest absolute Gasteiger partial charge is 0.258 e. The van der Waals surface area contributed by atoms with Gasteiger partial charge in [-0.2, -0.15) is 0 Å². The second kappa shape index (κ2) is 10.4. The van der Waals surface area contributed by atoms with Crippen LogP contribution in [0.2, 0.25) is 0 Å². The fourth-order valence-corrected chi connectivity index (χ4v) is 4.88. The van der Waals surface area contributed by atoms with Gasteiger partial charge in [0.2, 0.25) is 0 Å². The predicted molar refractivity (Wildman–Crippen MR) is 135 cm³/mol. The molecule has 2 atom stereocenters. The average Bonchev–Trinajstić information content (AvgIpc) is 3.21. The van der Waals surface area contributed by atoms with Crippen LogP contribution in [0.3, 0.4) is 0 Å². The van der Waals surface area contributed by atoms with Gasteiger partial charge in [0.05, 0.1) is 19.9 Å². The van der Waals surface area contributed by atoms with Gasteiger partial charge in [-0.3, -0.25) is 4.79 Å². The summed E-state index contributed by atoms with van der Waals surface area (Å²) in [5.74, 6) is 2.21. The van der Waals surface area contributed by atoms with Crippen LogP contribution in [0.25, 0.3) is 22.2 Å². The van der Waals surface area contributed by atoms with Crippen LogP contribution in [0.4, 0.5) is 0 Å². The molecule has 7 heteroatoms. The lowest BCUT2D eigenvalue weighted by atomic mass is 9.92. The van der Waals surface area contributed by atoms with Gasteiger partial charge in [0.1, 0.15) is 5.75 Å². The Bertz CT molecular complexity index is 1150. The zero-order chi connectivity index (χ0) is 24.2. The summed E-state index contributed by atoms with van der Waals surface area (Å²) in [5, 5.41) is 4.14. The number of hydrogen-bond donors (Lipinski definition) is 3. The van der Waals surface area contributed by atoms with Crippen molar-refractivity contribution in [1.29, 1.82) is 0 Å². The summed E-state index contributed by atoms with van der Waals surface area (Å²) in [4.78, 5) is 16.0. The molecule has 0 radical (unpaired) electrons. The number of aromatic nitrogens is 1. The summed E-state index contributed by atoms with van der Waals surface area (Å²) in [6.45, 7) is 4.33. The molecule has 2 aromatic carbocycles. The number of nitrogens with one attached hydrogen (secondary N) is 2. The fourth-order valence-electron chi connectivity index (χ4n) is 4.88. The number of methoxy groups -OCH3 is 2. The first-order valence-electron chi connectivity index (χ1n) is 11.9. The fraction of sp³-hybridized carbons (Fsp3) is 0.444. The average molecular weight is 466 g/mol. The topological polar surface area (TPSA) is 98.6 Å². The van der Waals surface area contributed by atoms with E-state index < -0.39 is 0 Å². The molecule has 182 valence electrons. The number of ether oxygens (including phenoxy) is 3.